The molecular weight excluding hydrogens is 286 g/mol. The van der Waals surface area contributed by atoms with Gasteiger partial charge >= 0.3 is 0 Å². The van der Waals surface area contributed by atoms with Crippen molar-refractivity contribution in [2.24, 2.45) is 5.92 Å². The molecule has 5 nitrogen and oxygen atoms in total. The number of piperidine rings is 1. The minimum absolute atomic E-state index is 0.614. The van der Waals surface area contributed by atoms with E-state index in [2.05, 4.69) is 43.9 Å². The molecule has 0 aromatic carbocycles. The lowest BCUT2D eigenvalue weighted by atomic mass is 9.92. The number of fused-ring (bicyclic) bond motifs is 1. The fourth-order valence-electron chi connectivity index (χ4n) is 4.37. The number of hydrogen-bond acceptors (Lipinski definition) is 4. The molecular formula is C18H25N5. The highest BCUT2D eigenvalue weighted by molar-refractivity contribution is 5.09. The van der Waals surface area contributed by atoms with Crippen LogP contribution in [0, 0.1) is 5.92 Å². The van der Waals surface area contributed by atoms with E-state index in [4.69, 9.17) is 0 Å². The Morgan fingerprint density at radius 3 is 3.00 bits per heavy atom. The van der Waals surface area contributed by atoms with E-state index >= 15 is 0 Å². The molecule has 4 heterocycles. The van der Waals surface area contributed by atoms with Crippen LogP contribution in [0.2, 0.25) is 0 Å². The van der Waals surface area contributed by atoms with Crippen LogP contribution < -0.4 is 0 Å². The monoisotopic (exact) mass is 311 g/mol. The Morgan fingerprint density at radius 1 is 1.26 bits per heavy atom. The Labute approximate surface area is 137 Å². The Bertz CT molecular complexity index is 612. The number of nitrogens with zero attached hydrogens (tertiary/aromatic N) is 5. The lowest BCUT2D eigenvalue weighted by Crippen LogP contribution is -2.45. The second-order valence-corrected chi connectivity index (χ2v) is 7.00. The molecule has 5 heteroatoms. The van der Waals surface area contributed by atoms with Crippen molar-refractivity contribution in [2.45, 2.75) is 38.0 Å². The van der Waals surface area contributed by atoms with Gasteiger partial charge in [-0.2, -0.15) is 5.10 Å². The molecule has 2 aromatic rings. The van der Waals surface area contributed by atoms with Crippen LogP contribution in [0.3, 0.4) is 0 Å². The second-order valence-electron chi connectivity index (χ2n) is 7.00. The van der Waals surface area contributed by atoms with Crippen LogP contribution in [0.4, 0.5) is 0 Å². The average Bonchev–Trinajstić information content (AvgIpc) is 3.18. The van der Waals surface area contributed by atoms with Gasteiger partial charge in [0.25, 0.3) is 0 Å². The Kier molecular flexibility index (Phi) is 4.14. The van der Waals surface area contributed by atoms with Gasteiger partial charge in [-0.05, 0) is 50.0 Å². The summed E-state index contributed by atoms with van der Waals surface area (Å²) < 4.78 is 2.08. The third-order valence-electron chi connectivity index (χ3n) is 5.54. The molecule has 0 radical (unpaired) electrons. The van der Waals surface area contributed by atoms with Crippen molar-refractivity contribution in [3.63, 3.8) is 0 Å². The van der Waals surface area contributed by atoms with Crippen molar-refractivity contribution in [2.75, 3.05) is 20.1 Å². The van der Waals surface area contributed by atoms with E-state index < -0.39 is 0 Å². The van der Waals surface area contributed by atoms with E-state index in [0.717, 1.165) is 25.0 Å². The molecule has 0 bridgehead atoms. The van der Waals surface area contributed by atoms with Crippen molar-refractivity contribution in [3.8, 4) is 0 Å². The predicted molar refractivity (Wildman–Crippen MR) is 89.8 cm³/mol. The van der Waals surface area contributed by atoms with Gasteiger partial charge in [0.15, 0.2) is 0 Å². The highest BCUT2D eigenvalue weighted by atomic mass is 15.3. The van der Waals surface area contributed by atoms with Crippen LogP contribution in [-0.2, 0) is 13.1 Å². The minimum atomic E-state index is 0.614. The highest BCUT2D eigenvalue weighted by Gasteiger charge is 2.41. The molecule has 122 valence electrons. The first-order valence-corrected chi connectivity index (χ1v) is 8.60. The van der Waals surface area contributed by atoms with Gasteiger partial charge in [0.05, 0.1) is 6.54 Å². The van der Waals surface area contributed by atoms with E-state index in [1.807, 2.05) is 30.7 Å². The second kappa shape index (κ2) is 6.42. The van der Waals surface area contributed by atoms with Crippen molar-refractivity contribution in [1.29, 1.82) is 0 Å². The summed E-state index contributed by atoms with van der Waals surface area (Å²) in [7, 11) is 2.30. The van der Waals surface area contributed by atoms with E-state index in [1.54, 1.807) is 0 Å². The summed E-state index contributed by atoms with van der Waals surface area (Å²) in [5, 5.41) is 4.37. The molecule has 2 aromatic heterocycles. The van der Waals surface area contributed by atoms with Crippen molar-refractivity contribution < 1.29 is 0 Å². The smallest absolute Gasteiger partial charge is 0.0565 e. The van der Waals surface area contributed by atoms with Crippen molar-refractivity contribution in [3.05, 3.63) is 48.5 Å². The molecule has 2 fully saturated rings. The number of likely N-dealkylation sites (tertiary alicyclic amines) is 2. The summed E-state index contributed by atoms with van der Waals surface area (Å²) in [6.45, 7) is 4.44. The number of pyridine rings is 1. The van der Waals surface area contributed by atoms with Gasteiger partial charge in [0.1, 0.15) is 0 Å². The average molecular weight is 311 g/mol. The fourth-order valence-corrected chi connectivity index (χ4v) is 4.37. The topological polar surface area (TPSA) is 37.2 Å². The summed E-state index contributed by atoms with van der Waals surface area (Å²) in [5.74, 6) is 0.783. The van der Waals surface area contributed by atoms with E-state index in [1.165, 1.54) is 31.5 Å². The van der Waals surface area contributed by atoms with Crippen LogP contribution in [-0.4, -0.2) is 56.8 Å². The molecule has 0 amide bonds. The normalized spacial score (nSPS) is 28.8. The zero-order valence-corrected chi connectivity index (χ0v) is 13.8. The summed E-state index contributed by atoms with van der Waals surface area (Å²) in [5.41, 5.74) is 1.32. The quantitative estimate of drug-likeness (QED) is 0.864. The summed E-state index contributed by atoms with van der Waals surface area (Å²) in [6, 6.07) is 7.58. The summed E-state index contributed by atoms with van der Waals surface area (Å²) in [6.07, 6.45) is 10.3. The fraction of sp³-hybridized carbons (Fsp3) is 0.556. The van der Waals surface area contributed by atoms with Crippen LogP contribution in [0.25, 0.3) is 0 Å². The molecule has 0 aliphatic carbocycles. The third kappa shape index (κ3) is 3.16. The van der Waals surface area contributed by atoms with Crippen molar-refractivity contribution in [1.82, 2.24) is 24.6 Å². The van der Waals surface area contributed by atoms with Gasteiger partial charge < -0.3 is 0 Å². The Balaban J connectivity index is 1.38. The van der Waals surface area contributed by atoms with Crippen LogP contribution >= 0.6 is 0 Å². The van der Waals surface area contributed by atoms with Crippen LogP contribution in [0.15, 0.2) is 43.0 Å². The van der Waals surface area contributed by atoms with E-state index in [9.17, 15) is 0 Å². The highest BCUT2D eigenvalue weighted by Crippen LogP contribution is 2.35. The third-order valence-corrected chi connectivity index (χ3v) is 5.54. The minimum Gasteiger partial charge on any atom is -0.299 e. The van der Waals surface area contributed by atoms with E-state index in [-0.39, 0.29) is 0 Å². The Morgan fingerprint density at radius 2 is 2.22 bits per heavy atom. The van der Waals surface area contributed by atoms with Gasteiger partial charge in [0.2, 0.25) is 0 Å². The zero-order chi connectivity index (χ0) is 15.6. The maximum absolute atomic E-state index is 4.37. The molecule has 0 unspecified atom stereocenters. The van der Waals surface area contributed by atoms with Gasteiger partial charge in [-0.3, -0.25) is 19.5 Å². The lowest BCUT2D eigenvalue weighted by Gasteiger charge is -2.37. The molecule has 23 heavy (non-hydrogen) atoms. The molecule has 0 saturated carbocycles. The molecule has 4 rings (SSSR count). The standard InChI is InChI=1S/C18H25N5/c1-21-17(14-23-8-3-7-20-23)10-16-13-22(9-5-18(16)21)12-15-4-2-6-19-11-15/h2-4,6-8,11,16-18H,5,9-10,12-14H2,1H3/t16-,17-,18+/m1/s1. The van der Waals surface area contributed by atoms with Crippen LogP contribution in [0.1, 0.15) is 18.4 Å². The first-order chi connectivity index (χ1) is 11.3. The number of likely N-dealkylation sites (N-methyl/N-ethyl adjacent to an activating group) is 1. The molecule has 0 N–H and O–H groups in total. The van der Waals surface area contributed by atoms with Gasteiger partial charge in [-0.25, -0.2) is 0 Å². The first-order valence-electron chi connectivity index (χ1n) is 8.60. The molecule has 2 saturated heterocycles. The Hall–Kier alpha value is -1.72. The molecule has 0 spiro atoms. The molecule has 2 aliphatic heterocycles. The number of aromatic nitrogens is 3. The number of hydrogen-bond donors (Lipinski definition) is 0. The SMILES string of the molecule is CN1[C@@H](Cn2cccn2)C[C@@H]2CN(Cc3cccnc3)CC[C@@H]21. The first kappa shape index (κ1) is 14.8. The van der Waals surface area contributed by atoms with E-state index in [0.29, 0.717) is 6.04 Å². The van der Waals surface area contributed by atoms with Crippen LogP contribution in [0.5, 0.6) is 0 Å². The predicted octanol–water partition coefficient (Wildman–Crippen LogP) is 1.87. The van der Waals surface area contributed by atoms with Gasteiger partial charge in [-0.1, -0.05) is 6.07 Å². The van der Waals surface area contributed by atoms with Gasteiger partial charge in [-0.15, -0.1) is 0 Å². The summed E-state index contributed by atoms with van der Waals surface area (Å²) >= 11 is 0. The molecule has 3 atom stereocenters. The maximum Gasteiger partial charge on any atom is 0.0565 e. The number of rotatable bonds is 4. The van der Waals surface area contributed by atoms with Gasteiger partial charge in [0, 0.05) is 50.0 Å². The zero-order valence-electron chi connectivity index (χ0n) is 13.8. The largest absolute Gasteiger partial charge is 0.299 e. The molecule has 2 aliphatic rings. The summed E-state index contributed by atoms with van der Waals surface area (Å²) in [4.78, 5) is 9.44. The maximum atomic E-state index is 4.37. The lowest BCUT2D eigenvalue weighted by molar-refractivity contribution is 0.109. The van der Waals surface area contributed by atoms with Crippen molar-refractivity contribution >= 4 is 0 Å².